The van der Waals surface area contributed by atoms with E-state index in [-0.39, 0.29) is 17.9 Å². The van der Waals surface area contributed by atoms with Gasteiger partial charge in [-0.1, -0.05) is 23.7 Å². The van der Waals surface area contributed by atoms with Crippen LogP contribution < -0.4 is 20.9 Å². The first-order valence-electron chi connectivity index (χ1n) is 9.64. The summed E-state index contributed by atoms with van der Waals surface area (Å²) in [6.45, 7) is 1.03. The number of amides is 2. The maximum atomic E-state index is 13.2. The topological polar surface area (TPSA) is 98.7 Å². The highest BCUT2D eigenvalue weighted by molar-refractivity contribution is 6.30. The van der Waals surface area contributed by atoms with Crippen molar-refractivity contribution >= 4 is 23.6 Å². The monoisotopic (exact) mass is 485 g/mol. The van der Waals surface area contributed by atoms with Crippen molar-refractivity contribution < 1.29 is 32.2 Å². The summed E-state index contributed by atoms with van der Waals surface area (Å²) in [7, 11) is 1.47. The zero-order valence-electron chi connectivity index (χ0n) is 17.5. The normalized spacial score (nSPS) is 16.2. The Bertz CT molecular complexity index is 1160. The molecule has 1 aromatic heterocycles. The van der Waals surface area contributed by atoms with Crippen LogP contribution in [0.25, 0.3) is 0 Å². The van der Waals surface area contributed by atoms with Gasteiger partial charge in [-0.15, -0.1) is 0 Å². The molecule has 1 aliphatic rings. The first-order chi connectivity index (χ1) is 15.5. The maximum Gasteiger partial charge on any atom is 0.417 e. The lowest BCUT2D eigenvalue weighted by Crippen LogP contribution is -2.47. The molecular formula is C21H19ClF3N3O5. The molecule has 1 atom stereocenters. The number of ether oxygens (including phenoxy) is 2. The van der Waals surface area contributed by atoms with Crippen molar-refractivity contribution in [3.8, 4) is 5.75 Å². The van der Waals surface area contributed by atoms with Gasteiger partial charge in [0.25, 0.3) is 5.56 Å². The lowest BCUT2D eigenvalue weighted by atomic mass is 9.95. The minimum absolute atomic E-state index is 0.00816. The number of carbonyl (C=O) groups is 2. The van der Waals surface area contributed by atoms with Crippen LogP contribution in [0.15, 0.2) is 52.6 Å². The molecule has 2 aromatic rings. The molecule has 3 rings (SSSR count). The lowest BCUT2D eigenvalue weighted by molar-refractivity contribution is -0.139. The molecular weight excluding hydrogens is 467 g/mol. The number of hydrogen-bond acceptors (Lipinski definition) is 5. The molecule has 2 heterocycles. The molecule has 0 saturated carbocycles. The highest BCUT2D eigenvalue weighted by atomic mass is 35.5. The quantitative estimate of drug-likeness (QED) is 0.611. The Morgan fingerprint density at radius 3 is 2.45 bits per heavy atom. The van der Waals surface area contributed by atoms with E-state index >= 15 is 0 Å². The number of rotatable bonds is 6. The molecule has 2 N–H and O–H groups in total. The summed E-state index contributed by atoms with van der Waals surface area (Å²) in [5.74, 6) is -0.280. The molecule has 1 aliphatic heterocycles. The average molecular weight is 486 g/mol. The first-order valence-corrected chi connectivity index (χ1v) is 10.0. The van der Waals surface area contributed by atoms with Gasteiger partial charge < -0.3 is 24.7 Å². The van der Waals surface area contributed by atoms with E-state index in [4.69, 9.17) is 21.1 Å². The predicted octanol–water partition coefficient (Wildman–Crippen LogP) is 3.40. The van der Waals surface area contributed by atoms with E-state index < -0.39 is 46.9 Å². The van der Waals surface area contributed by atoms with Gasteiger partial charge in [-0.25, -0.2) is 9.59 Å². The van der Waals surface area contributed by atoms with Crippen LogP contribution in [0.4, 0.5) is 18.0 Å². The number of carbonyl (C=O) groups excluding carboxylic acids is 2. The molecule has 0 fully saturated rings. The number of alkyl halides is 3. The van der Waals surface area contributed by atoms with E-state index in [0.717, 1.165) is 0 Å². The van der Waals surface area contributed by atoms with Crippen molar-refractivity contribution in [3.63, 3.8) is 0 Å². The fourth-order valence-electron chi connectivity index (χ4n) is 3.28. The summed E-state index contributed by atoms with van der Waals surface area (Å²) >= 11 is 5.72. The van der Waals surface area contributed by atoms with Gasteiger partial charge in [0.1, 0.15) is 10.8 Å². The van der Waals surface area contributed by atoms with Crippen LogP contribution in [-0.2, 0) is 22.3 Å². The third kappa shape index (κ3) is 5.30. The third-order valence-electron chi connectivity index (χ3n) is 4.80. The first kappa shape index (κ1) is 24.2. The van der Waals surface area contributed by atoms with Crippen LogP contribution in [0.1, 0.15) is 24.1 Å². The van der Waals surface area contributed by atoms with Crippen LogP contribution in [0, 0.1) is 0 Å². The van der Waals surface area contributed by atoms with E-state index in [1.165, 1.54) is 7.11 Å². The molecule has 0 saturated heterocycles. The fourth-order valence-corrected chi connectivity index (χ4v) is 3.51. The standard InChI is InChI=1S/C21H19ClF3N3O5/c1-3-33-19(30)16-15(10-28-9-12(21(23,24)25)8-14(22)18(28)29)26-20(31)27-17(16)11-4-6-13(32-2)7-5-11/h4-9,17H,3,10H2,1-2H3,(H2,26,27,31)/t17-/m0/s1. The third-order valence-corrected chi connectivity index (χ3v) is 5.07. The number of allylic oxidation sites excluding steroid dienone is 1. The zero-order valence-corrected chi connectivity index (χ0v) is 18.2. The summed E-state index contributed by atoms with van der Waals surface area (Å²) in [6.07, 6.45) is -4.19. The number of urea groups is 1. The zero-order chi connectivity index (χ0) is 24.3. The molecule has 8 nitrogen and oxygen atoms in total. The van der Waals surface area contributed by atoms with Crippen LogP contribution in [0.3, 0.4) is 0 Å². The molecule has 33 heavy (non-hydrogen) atoms. The van der Waals surface area contributed by atoms with Gasteiger partial charge in [0.2, 0.25) is 0 Å². The smallest absolute Gasteiger partial charge is 0.417 e. The van der Waals surface area contributed by atoms with Gasteiger partial charge in [0.05, 0.1) is 43.1 Å². The van der Waals surface area contributed by atoms with E-state index in [2.05, 4.69) is 10.6 Å². The number of esters is 1. The van der Waals surface area contributed by atoms with E-state index in [1.54, 1.807) is 31.2 Å². The Morgan fingerprint density at radius 2 is 1.88 bits per heavy atom. The number of methoxy groups -OCH3 is 1. The Morgan fingerprint density at radius 1 is 1.21 bits per heavy atom. The van der Waals surface area contributed by atoms with Gasteiger partial charge in [-0.2, -0.15) is 13.2 Å². The number of halogens is 4. The Labute approximate surface area is 190 Å². The van der Waals surface area contributed by atoms with Crippen LogP contribution in [0.2, 0.25) is 5.02 Å². The van der Waals surface area contributed by atoms with E-state index in [1.807, 2.05) is 0 Å². The van der Waals surface area contributed by atoms with Gasteiger partial charge in [0, 0.05) is 6.20 Å². The van der Waals surface area contributed by atoms with Crippen molar-refractivity contribution in [1.29, 1.82) is 0 Å². The van der Waals surface area contributed by atoms with Crippen molar-refractivity contribution in [1.82, 2.24) is 15.2 Å². The van der Waals surface area contributed by atoms with E-state index in [9.17, 15) is 27.6 Å². The van der Waals surface area contributed by atoms with Gasteiger partial charge in [-0.3, -0.25) is 4.79 Å². The number of hydrogen-bond donors (Lipinski definition) is 2. The van der Waals surface area contributed by atoms with Gasteiger partial charge in [0.15, 0.2) is 0 Å². The minimum Gasteiger partial charge on any atom is -0.497 e. The number of nitrogens with one attached hydrogen (secondary N) is 2. The Balaban J connectivity index is 2.14. The molecule has 0 unspecified atom stereocenters. The van der Waals surface area contributed by atoms with Crippen molar-refractivity contribution in [2.24, 2.45) is 0 Å². The van der Waals surface area contributed by atoms with Crippen molar-refractivity contribution in [3.05, 3.63) is 74.3 Å². The second-order valence-electron chi connectivity index (χ2n) is 6.92. The minimum atomic E-state index is -4.76. The van der Waals surface area contributed by atoms with Crippen LogP contribution >= 0.6 is 11.6 Å². The van der Waals surface area contributed by atoms with Crippen LogP contribution in [-0.4, -0.2) is 30.3 Å². The SMILES string of the molecule is CCOC(=O)C1=C(Cn2cc(C(F)(F)F)cc(Cl)c2=O)NC(=O)N[C@H]1c1ccc(OC)cc1. The van der Waals surface area contributed by atoms with Gasteiger partial charge in [-0.05, 0) is 30.7 Å². The van der Waals surface area contributed by atoms with E-state index in [0.29, 0.717) is 28.1 Å². The molecule has 176 valence electrons. The van der Waals surface area contributed by atoms with Crippen LogP contribution in [0.5, 0.6) is 5.75 Å². The number of aromatic nitrogens is 1. The largest absolute Gasteiger partial charge is 0.497 e. The van der Waals surface area contributed by atoms with Crippen molar-refractivity contribution in [2.75, 3.05) is 13.7 Å². The summed E-state index contributed by atoms with van der Waals surface area (Å²) in [6, 6.07) is 5.26. The molecule has 0 aliphatic carbocycles. The Kier molecular flexibility index (Phi) is 7.01. The molecule has 1 aromatic carbocycles. The summed E-state index contributed by atoms with van der Waals surface area (Å²) in [5, 5.41) is 4.34. The molecule has 0 spiro atoms. The van der Waals surface area contributed by atoms with Crippen molar-refractivity contribution in [2.45, 2.75) is 25.7 Å². The molecule has 0 bridgehead atoms. The average Bonchev–Trinajstić information content (AvgIpc) is 2.75. The molecule has 12 heteroatoms. The fraction of sp³-hybridized carbons (Fsp3) is 0.286. The number of benzene rings is 1. The second-order valence-corrected chi connectivity index (χ2v) is 7.33. The lowest BCUT2D eigenvalue weighted by Gasteiger charge is -2.30. The highest BCUT2D eigenvalue weighted by Crippen LogP contribution is 2.31. The summed E-state index contributed by atoms with van der Waals surface area (Å²) in [4.78, 5) is 37.6. The molecule has 0 radical (unpaired) electrons. The van der Waals surface area contributed by atoms with Gasteiger partial charge >= 0.3 is 18.2 Å². The summed E-state index contributed by atoms with van der Waals surface area (Å²) in [5.41, 5.74) is -1.76. The summed E-state index contributed by atoms with van der Waals surface area (Å²) < 4.78 is 50.6. The maximum absolute atomic E-state index is 13.2. The molecule has 2 amide bonds. The highest BCUT2D eigenvalue weighted by Gasteiger charge is 2.35. The Hall–Kier alpha value is -3.47. The number of pyridine rings is 1. The second kappa shape index (κ2) is 9.57. The predicted molar refractivity (Wildman–Crippen MR) is 112 cm³/mol. The number of nitrogens with zero attached hydrogens (tertiary/aromatic N) is 1.